The Hall–Kier alpha value is -2.02. The molecule has 2 rings (SSSR count). The van der Waals surface area contributed by atoms with Crippen LogP contribution in [0.2, 0.25) is 0 Å². The van der Waals surface area contributed by atoms with E-state index in [1.165, 1.54) is 0 Å². The fraction of sp³-hybridized carbons (Fsp3) is 0.273. The minimum atomic E-state index is 0.343. The fourth-order valence-electron chi connectivity index (χ4n) is 1.38. The van der Waals surface area contributed by atoms with Gasteiger partial charge in [-0.25, -0.2) is 4.98 Å². The van der Waals surface area contributed by atoms with Crippen molar-refractivity contribution >= 4 is 23.0 Å². The smallest absolute Gasteiger partial charge is 0.228 e. The average molecular weight is 263 g/mol. The van der Waals surface area contributed by atoms with Gasteiger partial charge in [0, 0.05) is 24.7 Å². The second-order valence-corrected chi connectivity index (χ2v) is 4.15. The third kappa shape index (κ3) is 3.24. The van der Waals surface area contributed by atoms with Crippen molar-refractivity contribution in [1.29, 1.82) is 0 Å². The average Bonchev–Trinajstić information content (AvgIpc) is 2.76. The molecule has 0 aliphatic rings. The van der Waals surface area contributed by atoms with Gasteiger partial charge in [-0.2, -0.15) is 4.98 Å². The maximum absolute atomic E-state index is 5.49. The third-order valence-corrected chi connectivity index (χ3v) is 2.50. The lowest BCUT2D eigenvalue weighted by molar-refractivity contribution is 0.377. The molecule has 0 fully saturated rings. The molecule has 94 valence electrons. The SMILES string of the molecule is Cc1noc(CCNc2ccc(C(N)=S)cn2)n1. The number of aryl methyl sites for hydroxylation is 1. The number of hydrogen-bond acceptors (Lipinski definition) is 6. The van der Waals surface area contributed by atoms with E-state index >= 15 is 0 Å². The van der Waals surface area contributed by atoms with Gasteiger partial charge in [-0.1, -0.05) is 17.4 Å². The van der Waals surface area contributed by atoms with Crippen LogP contribution in [0.1, 0.15) is 17.3 Å². The molecule has 7 heteroatoms. The van der Waals surface area contributed by atoms with Gasteiger partial charge in [0.2, 0.25) is 5.89 Å². The van der Waals surface area contributed by atoms with Crippen molar-refractivity contribution in [2.75, 3.05) is 11.9 Å². The van der Waals surface area contributed by atoms with Crippen molar-refractivity contribution in [1.82, 2.24) is 15.1 Å². The van der Waals surface area contributed by atoms with Gasteiger partial charge in [-0.05, 0) is 19.1 Å². The van der Waals surface area contributed by atoms with Crippen molar-refractivity contribution in [2.45, 2.75) is 13.3 Å². The summed E-state index contributed by atoms with van der Waals surface area (Å²) in [6, 6.07) is 3.65. The number of nitrogens with two attached hydrogens (primary N) is 1. The summed E-state index contributed by atoms with van der Waals surface area (Å²) < 4.78 is 5.00. The molecule has 0 spiro atoms. The van der Waals surface area contributed by atoms with E-state index < -0.39 is 0 Å². The first-order valence-corrected chi connectivity index (χ1v) is 5.85. The fourth-order valence-corrected chi connectivity index (χ4v) is 1.50. The topological polar surface area (TPSA) is 89.9 Å². The maximum Gasteiger partial charge on any atom is 0.228 e. The summed E-state index contributed by atoms with van der Waals surface area (Å²) in [6.07, 6.45) is 2.29. The van der Waals surface area contributed by atoms with Gasteiger partial charge in [0.1, 0.15) is 10.8 Å². The van der Waals surface area contributed by atoms with E-state index in [4.69, 9.17) is 22.5 Å². The Morgan fingerprint density at radius 3 is 2.89 bits per heavy atom. The zero-order valence-electron chi connectivity index (χ0n) is 9.88. The van der Waals surface area contributed by atoms with E-state index in [9.17, 15) is 0 Å². The van der Waals surface area contributed by atoms with E-state index in [1.54, 1.807) is 13.1 Å². The third-order valence-electron chi connectivity index (χ3n) is 2.26. The van der Waals surface area contributed by atoms with E-state index in [0.717, 1.165) is 11.4 Å². The lowest BCUT2D eigenvalue weighted by Crippen LogP contribution is -2.11. The number of rotatable bonds is 5. The summed E-state index contributed by atoms with van der Waals surface area (Å²) in [5, 5.41) is 6.86. The minimum Gasteiger partial charge on any atom is -0.389 e. The molecule has 0 unspecified atom stereocenters. The highest BCUT2D eigenvalue weighted by molar-refractivity contribution is 7.80. The van der Waals surface area contributed by atoms with Crippen molar-refractivity contribution in [2.24, 2.45) is 5.73 Å². The van der Waals surface area contributed by atoms with Crippen LogP contribution in [0.4, 0.5) is 5.82 Å². The summed E-state index contributed by atoms with van der Waals surface area (Å²) in [5.74, 6) is 2.01. The van der Waals surface area contributed by atoms with Crippen LogP contribution in [-0.4, -0.2) is 26.7 Å². The molecule has 0 bridgehead atoms. The Morgan fingerprint density at radius 1 is 1.50 bits per heavy atom. The molecule has 0 amide bonds. The summed E-state index contributed by atoms with van der Waals surface area (Å²) in [4.78, 5) is 8.64. The molecular formula is C11H13N5OS. The molecule has 6 nitrogen and oxygen atoms in total. The van der Waals surface area contributed by atoms with Crippen LogP contribution >= 0.6 is 12.2 Å². The standard InChI is InChI=1S/C11H13N5OS/c1-7-15-10(17-16-7)4-5-13-9-3-2-8(6-14-9)11(12)18/h2-3,6H,4-5H2,1H3,(H2,12,18)(H,13,14). The van der Waals surface area contributed by atoms with E-state index in [-0.39, 0.29) is 0 Å². The lowest BCUT2D eigenvalue weighted by Gasteiger charge is -2.04. The summed E-state index contributed by atoms with van der Waals surface area (Å²) in [6.45, 7) is 2.46. The highest BCUT2D eigenvalue weighted by Gasteiger charge is 2.02. The molecule has 0 atom stereocenters. The molecule has 3 N–H and O–H groups in total. The number of nitrogens with zero attached hydrogens (tertiary/aromatic N) is 3. The predicted molar refractivity (Wildman–Crippen MR) is 71.4 cm³/mol. The number of hydrogen-bond donors (Lipinski definition) is 2. The van der Waals surface area contributed by atoms with Crippen molar-refractivity contribution < 1.29 is 4.52 Å². The van der Waals surface area contributed by atoms with Gasteiger partial charge in [-0.3, -0.25) is 0 Å². The molecule has 0 aliphatic heterocycles. The van der Waals surface area contributed by atoms with E-state index in [1.807, 2.05) is 12.1 Å². The highest BCUT2D eigenvalue weighted by Crippen LogP contribution is 2.05. The van der Waals surface area contributed by atoms with Crippen LogP contribution in [-0.2, 0) is 6.42 Å². The Labute approximate surface area is 110 Å². The molecule has 2 heterocycles. The summed E-state index contributed by atoms with van der Waals surface area (Å²) in [7, 11) is 0. The second kappa shape index (κ2) is 5.54. The zero-order chi connectivity index (χ0) is 13.0. The molecule has 0 saturated carbocycles. The quantitative estimate of drug-likeness (QED) is 0.779. The first kappa shape index (κ1) is 12.4. The lowest BCUT2D eigenvalue weighted by atomic mass is 10.3. The van der Waals surface area contributed by atoms with Crippen molar-refractivity contribution in [3.8, 4) is 0 Å². The molecule has 0 aliphatic carbocycles. The van der Waals surface area contributed by atoms with Crippen LogP contribution < -0.4 is 11.1 Å². The van der Waals surface area contributed by atoms with Gasteiger partial charge in [0.05, 0.1) is 0 Å². The van der Waals surface area contributed by atoms with Gasteiger partial charge in [0.25, 0.3) is 0 Å². The van der Waals surface area contributed by atoms with Crippen LogP contribution in [0.5, 0.6) is 0 Å². The maximum atomic E-state index is 5.49. The molecule has 0 radical (unpaired) electrons. The number of pyridine rings is 1. The van der Waals surface area contributed by atoms with Gasteiger partial charge in [0.15, 0.2) is 5.82 Å². The Bertz CT molecular complexity index is 537. The van der Waals surface area contributed by atoms with Crippen LogP contribution in [0.25, 0.3) is 0 Å². The molecule has 0 aromatic carbocycles. The summed E-state index contributed by atoms with van der Waals surface area (Å²) >= 11 is 4.85. The second-order valence-electron chi connectivity index (χ2n) is 3.71. The van der Waals surface area contributed by atoms with Gasteiger partial charge in [-0.15, -0.1) is 0 Å². The van der Waals surface area contributed by atoms with Crippen LogP contribution in [0.3, 0.4) is 0 Å². The minimum absolute atomic E-state index is 0.343. The van der Waals surface area contributed by atoms with Crippen molar-refractivity contribution in [3.05, 3.63) is 35.6 Å². The number of thiocarbonyl (C=S) groups is 1. The first-order chi connectivity index (χ1) is 8.65. The normalized spacial score (nSPS) is 10.3. The molecule has 2 aromatic rings. The van der Waals surface area contributed by atoms with Crippen LogP contribution in [0, 0.1) is 6.92 Å². The molecule has 0 saturated heterocycles. The van der Waals surface area contributed by atoms with Crippen molar-refractivity contribution in [3.63, 3.8) is 0 Å². The van der Waals surface area contributed by atoms with E-state index in [2.05, 4.69) is 20.4 Å². The molecule has 2 aromatic heterocycles. The monoisotopic (exact) mass is 263 g/mol. The number of aromatic nitrogens is 3. The number of anilines is 1. The molecule has 18 heavy (non-hydrogen) atoms. The first-order valence-electron chi connectivity index (χ1n) is 5.44. The Kier molecular flexibility index (Phi) is 3.83. The van der Waals surface area contributed by atoms with E-state index in [0.29, 0.717) is 29.7 Å². The largest absolute Gasteiger partial charge is 0.389 e. The Morgan fingerprint density at radius 2 is 2.33 bits per heavy atom. The molecular weight excluding hydrogens is 250 g/mol. The van der Waals surface area contributed by atoms with Crippen LogP contribution in [0.15, 0.2) is 22.9 Å². The highest BCUT2D eigenvalue weighted by atomic mass is 32.1. The Balaban J connectivity index is 1.85. The zero-order valence-corrected chi connectivity index (χ0v) is 10.7. The predicted octanol–water partition coefficient (Wildman–Crippen LogP) is 1.06. The van der Waals surface area contributed by atoms with Gasteiger partial charge >= 0.3 is 0 Å². The van der Waals surface area contributed by atoms with Gasteiger partial charge < -0.3 is 15.6 Å². The summed E-state index contributed by atoms with van der Waals surface area (Å²) in [5.41, 5.74) is 6.24. The number of nitrogens with one attached hydrogen (secondary N) is 1.